The highest BCUT2D eigenvalue weighted by molar-refractivity contribution is 6.61. The normalized spacial score (nSPS) is 15.9. The average Bonchev–Trinajstić information content (AvgIpc) is 3.12. The van der Waals surface area contributed by atoms with Gasteiger partial charge >= 0.3 is 7.12 Å². The van der Waals surface area contributed by atoms with Crippen molar-refractivity contribution in [3.63, 3.8) is 0 Å². The van der Waals surface area contributed by atoms with Crippen LogP contribution in [-0.4, -0.2) is 38.1 Å². The Labute approximate surface area is 215 Å². The smallest absolute Gasteiger partial charge is 0.399 e. The van der Waals surface area contributed by atoms with Crippen LogP contribution in [0.3, 0.4) is 0 Å². The molecule has 0 saturated carbocycles. The molecule has 0 N–H and O–H groups in total. The monoisotopic (exact) mass is 491 g/mol. The molecule has 0 unspecified atom stereocenters. The fourth-order valence-electron chi connectivity index (χ4n) is 4.02. The van der Waals surface area contributed by atoms with E-state index in [-0.39, 0.29) is 12.1 Å². The van der Waals surface area contributed by atoms with E-state index in [0.717, 1.165) is 22.2 Å². The summed E-state index contributed by atoms with van der Waals surface area (Å²) in [5.74, 6) is 0.562. The van der Waals surface area contributed by atoms with E-state index in [0.29, 0.717) is 17.2 Å². The zero-order valence-electron chi connectivity index (χ0n) is 21.2. The van der Waals surface area contributed by atoms with Crippen LogP contribution >= 0.6 is 0 Å². The molecule has 1 fully saturated rings. The highest BCUT2D eigenvalue weighted by Gasteiger charge is 2.51. The molecule has 0 atom stereocenters. The molecule has 1 saturated heterocycles. The average molecular weight is 491 g/mol. The molecule has 37 heavy (non-hydrogen) atoms. The highest BCUT2D eigenvalue weighted by Crippen LogP contribution is 2.36. The molecule has 9 heteroatoms. The predicted molar refractivity (Wildman–Crippen MR) is 142 cm³/mol. The van der Waals surface area contributed by atoms with Crippen LogP contribution in [0.5, 0.6) is 0 Å². The van der Waals surface area contributed by atoms with Crippen LogP contribution in [-0.2, 0) is 15.9 Å². The van der Waals surface area contributed by atoms with Gasteiger partial charge in [0.1, 0.15) is 0 Å². The van der Waals surface area contributed by atoms with E-state index in [4.69, 9.17) is 15.9 Å². The van der Waals surface area contributed by atoms with Crippen molar-refractivity contribution in [1.82, 2.24) is 19.7 Å². The summed E-state index contributed by atoms with van der Waals surface area (Å²) >= 11 is 0. The molecular weight excluding hydrogens is 465 g/mol. The molecule has 8 nitrogen and oxygen atoms in total. The summed E-state index contributed by atoms with van der Waals surface area (Å²) in [4.78, 5) is 25.1. The molecule has 0 radical (unpaired) electrons. The second-order valence-corrected chi connectivity index (χ2v) is 10.0. The maximum absolute atomic E-state index is 12.5. The van der Waals surface area contributed by atoms with Crippen LogP contribution < -0.4 is 11.0 Å². The van der Waals surface area contributed by atoms with E-state index in [2.05, 4.69) is 19.9 Å². The van der Waals surface area contributed by atoms with E-state index >= 15 is 0 Å². The number of hydrogen-bond acceptors (Lipinski definition) is 6. The lowest BCUT2D eigenvalue weighted by atomic mass is 9.81. The van der Waals surface area contributed by atoms with E-state index in [1.807, 2.05) is 58.0 Å². The fourth-order valence-corrected chi connectivity index (χ4v) is 4.02. The third-order valence-corrected chi connectivity index (χ3v) is 6.85. The van der Waals surface area contributed by atoms with Gasteiger partial charge in [-0.25, -0.2) is 19.5 Å². The van der Waals surface area contributed by atoms with Crippen molar-refractivity contribution in [2.45, 2.75) is 45.4 Å². The molecule has 0 spiro atoms. The lowest BCUT2D eigenvalue weighted by Crippen LogP contribution is -2.41. The molecule has 1 aliphatic heterocycles. The first kappa shape index (κ1) is 24.6. The Hall–Kier alpha value is -4.13. The summed E-state index contributed by atoms with van der Waals surface area (Å²) in [6, 6.07) is 18.1. The van der Waals surface area contributed by atoms with Gasteiger partial charge in [0.05, 0.1) is 30.0 Å². The lowest BCUT2D eigenvalue weighted by molar-refractivity contribution is 0.00578. The zero-order chi connectivity index (χ0) is 26.2. The maximum atomic E-state index is 12.5. The summed E-state index contributed by atoms with van der Waals surface area (Å²) in [7, 11) is -0.522. The quantitative estimate of drug-likeness (QED) is 0.307. The van der Waals surface area contributed by atoms with Crippen LogP contribution in [0.4, 0.5) is 5.69 Å². The molecule has 2 aromatic carbocycles. The van der Waals surface area contributed by atoms with Crippen molar-refractivity contribution >= 4 is 18.3 Å². The van der Waals surface area contributed by atoms with Crippen LogP contribution in [0, 0.1) is 6.57 Å². The molecule has 0 bridgehead atoms. The van der Waals surface area contributed by atoms with Crippen molar-refractivity contribution in [3.05, 3.63) is 100 Å². The Kier molecular flexibility index (Phi) is 6.24. The first-order valence-corrected chi connectivity index (χ1v) is 12.0. The van der Waals surface area contributed by atoms with E-state index in [1.54, 1.807) is 36.7 Å². The van der Waals surface area contributed by atoms with Gasteiger partial charge in [0.15, 0.2) is 11.5 Å². The minimum absolute atomic E-state index is 0.210. The van der Waals surface area contributed by atoms with Crippen LogP contribution in [0.15, 0.2) is 77.9 Å². The standard InChI is InChI=1S/C28H26BN5O3/c1-27(2)28(3,4)37-29(36-27)22-16-31-26(32-17-22)21-10-6-8-19(14-21)18-34-25(35)13-12-24(33-34)20-9-7-11-23(15-20)30-5/h6-17H,18H2,1-4H3. The molecule has 1 aliphatic rings. The Morgan fingerprint density at radius 3 is 2.30 bits per heavy atom. The van der Waals surface area contributed by atoms with Crippen LogP contribution in [0.25, 0.3) is 27.5 Å². The highest BCUT2D eigenvalue weighted by atomic mass is 16.7. The van der Waals surface area contributed by atoms with Crippen molar-refractivity contribution in [1.29, 1.82) is 0 Å². The van der Waals surface area contributed by atoms with Crippen molar-refractivity contribution in [2.24, 2.45) is 0 Å². The summed E-state index contributed by atoms with van der Waals surface area (Å²) in [6.07, 6.45) is 3.45. The molecule has 3 heterocycles. The number of aromatic nitrogens is 4. The van der Waals surface area contributed by atoms with E-state index < -0.39 is 18.3 Å². The second kappa shape index (κ2) is 9.39. The van der Waals surface area contributed by atoms with Crippen molar-refractivity contribution in [3.8, 4) is 22.6 Å². The van der Waals surface area contributed by atoms with Gasteiger partial charge in [-0.15, -0.1) is 0 Å². The Bertz CT molecular complexity index is 1540. The zero-order valence-corrected chi connectivity index (χ0v) is 21.2. The molecule has 0 amide bonds. The summed E-state index contributed by atoms with van der Waals surface area (Å²) in [5.41, 5.74) is 3.32. The van der Waals surface area contributed by atoms with Crippen molar-refractivity contribution in [2.75, 3.05) is 0 Å². The fraction of sp³-hybridized carbons (Fsp3) is 0.250. The number of hydrogen-bond donors (Lipinski definition) is 0. The molecular formula is C28H26BN5O3. The van der Waals surface area contributed by atoms with Gasteiger partial charge in [0.2, 0.25) is 0 Å². The Balaban J connectivity index is 1.37. The predicted octanol–water partition coefficient (Wildman–Crippen LogP) is 4.27. The van der Waals surface area contributed by atoms with Crippen LogP contribution in [0.1, 0.15) is 33.3 Å². The second-order valence-electron chi connectivity index (χ2n) is 10.0. The van der Waals surface area contributed by atoms with Gasteiger partial charge in [0.25, 0.3) is 5.56 Å². The molecule has 2 aromatic heterocycles. The SMILES string of the molecule is [C-]#[N+]c1cccc(-c2ccc(=O)n(Cc3cccc(-c4ncc(B5OC(C)(C)C(C)(C)O5)cn4)c3)n2)c1. The minimum atomic E-state index is -0.522. The molecule has 184 valence electrons. The molecule has 4 aromatic rings. The van der Waals surface area contributed by atoms with E-state index in [9.17, 15) is 4.79 Å². The van der Waals surface area contributed by atoms with Crippen LogP contribution in [0.2, 0.25) is 0 Å². The topological polar surface area (TPSA) is 83.5 Å². The van der Waals surface area contributed by atoms with Gasteiger partial charge in [-0.3, -0.25) is 4.79 Å². The van der Waals surface area contributed by atoms with Gasteiger partial charge in [0, 0.05) is 29.5 Å². The summed E-state index contributed by atoms with van der Waals surface area (Å²) < 4.78 is 13.6. The Morgan fingerprint density at radius 2 is 1.59 bits per heavy atom. The Morgan fingerprint density at radius 1 is 0.919 bits per heavy atom. The first-order valence-electron chi connectivity index (χ1n) is 12.0. The largest absolute Gasteiger partial charge is 0.498 e. The first-order chi connectivity index (χ1) is 17.6. The number of rotatable bonds is 5. The van der Waals surface area contributed by atoms with Gasteiger partial charge in [-0.1, -0.05) is 36.4 Å². The lowest BCUT2D eigenvalue weighted by Gasteiger charge is -2.32. The molecule has 5 rings (SSSR count). The third kappa shape index (κ3) is 4.94. The number of benzene rings is 2. The van der Waals surface area contributed by atoms with Gasteiger partial charge in [-0.2, -0.15) is 5.10 Å². The minimum Gasteiger partial charge on any atom is -0.399 e. The maximum Gasteiger partial charge on any atom is 0.498 e. The number of nitrogens with zero attached hydrogens (tertiary/aromatic N) is 5. The van der Waals surface area contributed by atoms with Gasteiger partial charge < -0.3 is 9.31 Å². The third-order valence-electron chi connectivity index (χ3n) is 6.85. The summed E-state index contributed by atoms with van der Waals surface area (Å²) in [5, 5.41) is 4.54. The summed E-state index contributed by atoms with van der Waals surface area (Å²) in [6.45, 7) is 15.6. The van der Waals surface area contributed by atoms with Gasteiger partial charge in [-0.05, 0) is 57.0 Å². The van der Waals surface area contributed by atoms with Crippen molar-refractivity contribution < 1.29 is 9.31 Å². The van der Waals surface area contributed by atoms with E-state index in [1.165, 1.54) is 10.7 Å². The molecule has 0 aliphatic carbocycles.